The predicted molar refractivity (Wildman–Crippen MR) is 80.4 cm³/mol. The highest BCUT2D eigenvalue weighted by molar-refractivity contribution is 5.82. The highest BCUT2D eigenvalue weighted by atomic mass is 16.5. The number of hydrogen-bond donors (Lipinski definition) is 0. The minimum absolute atomic E-state index is 0.174. The summed E-state index contributed by atoms with van der Waals surface area (Å²) in [5.41, 5.74) is 2.01. The van der Waals surface area contributed by atoms with Gasteiger partial charge in [-0.05, 0) is 32.2 Å². The molecule has 0 N–H and O–H groups in total. The first kappa shape index (κ1) is 13.5. The predicted octanol–water partition coefficient (Wildman–Crippen LogP) is 2.79. The maximum Gasteiger partial charge on any atom is 0.257 e. The van der Waals surface area contributed by atoms with Gasteiger partial charge in [0.1, 0.15) is 11.7 Å². The molecule has 2 aromatic heterocycles. The fourth-order valence-electron chi connectivity index (χ4n) is 2.67. The van der Waals surface area contributed by atoms with Crippen LogP contribution in [0.25, 0.3) is 22.6 Å². The fraction of sp³-hybridized carbons (Fsp3) is 0.375. The van der Waals surface area contributed by atoms with Crippen LogP contribution in [-0.2, 0) is 4.74 Å². The number of hydrogen-bond acceptors (Lipinski definition) is 6. The van der Waals surface area contributed by atoms with Crippen molar-refractivity contribution < 1.29 is 13.7 Å². The molecular weight excluding hydrogens is 282 g/mol. The standard InChI is InChI=1S/C16H17N3O3/c1-10-3-4-12-11(7-10)8-13(21-12)15-17-16(22-18-15)14-9-19(2)5-6-20-14/h3-4,7-8,14H,5-6,9H2,1-2H3. The van der Waals surface area contributed by atoms with Crippen LogP contribution >= 0.6 is 0 Å². The van der Waals surface area contributed by atoms with Gasteiger partial charge in [-0.25, -0.2) is 0 Å². The minimum Gasteiger partial charge on any atom is -0.453 e. The second-order valence-corrected chi connectivity index (χ2v) is 5.73. The molecule has 22 heavy (non-hydrogen) atoms. The van der Waals surface area contributed by atoms with Gasteiger partial charge in [-0.1, -0.05) is 16.8 Å². The molecule has 4 rings (SSSR count). The SMILES string of the molecule is Cc1ccc2oc(-c3noc(C4CN(C)CCO4)n3)cc2c1. The number of likely N-dealkylation sites (N-methyl/N-ethyl adjacent to an activating group) is 1. The van der Waals surface area contributed by atoms with Crippen LogP contribution in [0.4, 0.5) is 0 Å². The summed E-state index contributed by atoms with van der Waals surface area (Å²) >= 11 is 0. The topological polar surface area (TPSA) is 64.5 Å². The van der Waals surface area contributed by atoms with Gasteiger partial charge in [0.2, 0.25) is 5.82 Å². The van der Waals surface area contributed by atoms with Gasteiger partial charge in [0.15, 0.2) is 5.76 Å². The normalized spacial score (nSPS) is 19.8. The summed E-state index contributed by atoms with van der Waals surface area (Å²) in [7, 11) is 2.05. The van der Waals surface area contributed by atoms with E-state index in [0.29, 0.717) is 24.1 Å². The lowest BCUT2D eigenvalue weighted by Crippen LogP contribution is -2.35. The van der Waals surface area contributed by atoms with E-state index in [9.17, 15) is 0 Å². The van der Waals surface area contributed by atoms with Crippen molar-refractivity contribution in [2.75, 3.05) is 26.7 Å². The molecule has 114 valence electrons. The van der Waals surface area contributed by atoms with Gasteiger partial charge in [0.25, 0.3) is 5.89 Å². The third-order valence-corrected chi connectivity index (χ3v) is 3.88. The van der Waals surface area contributed by atoms with Gasteiger partial charge in [-0.2, -0.15) is 4.98 Å². The monoisotopic (exact) mass is 299 g/mol. The molecule has 6 nitrogen and oxygen atoms in total. The summed E-state index contributed by atoms with van der Waals surface area (Å²) in [5.74, 6) is 1.57. The molecule has 0 radical (unpaired) electrons. The Labute approximate surface area is 127 Å². The van der Waals surface area contributed by atoms with E-state index in [2.05, 4.69) is 28.0 Å². The summed E-state index contributed by atoms with van der Waals surface area (Å²) < 4.78 is 16.8. The highest BCUT2D eigenvalue weighted by Gasteiger charge is 2.26. The number of benzene rings is 1. The third kappa shape index (κ3) is 2.40. The van der Waals surface area contributed by atoms with E-state index in [-0.39, 0.29) is 6.10 Å². The number of nitrogens with zero attached hydrogens (tertiary/aromatic N) is 3. The van der Waals surface area contributed by atoms with E-state index < -0.39 is 0 Å². The van der Waals surface area contributed by atoms with Crippen molar-refractivity contribution in [2.45, 2.75) is 13.0 Å². The van der Waals surface area contributed by atoms with Gasteiger partial charge < -0.3 is 18.6 Å². The molecule has 1 aliphatic heterocycles. The van der Waals surface area contributed by atoms with Crippen LogP contribution < -0.4 is 0 Å². The fourth-order valence-corrected chi connectivity index (χ4v) is 2.67. The highest BCUT2D eigenvalue weighted by Crippen LogP contribution is 2.28. The first-order valence-electron chi connectivity index (χ1n) is 7.33. The van der Waals surface area contributed by atoms with Gasteiger partial charge in [-0.15, -0.1) is 0 Å². The molecule has 6 heteroatoms. The van der Waals surface area contributed by atoms with E-state index in [1.165, 1.54) is 5.56 Å². The Hall–Kier alpha value is -2.18. The van der Waals surface area contributed by atoms with Crippen LogP contribution in [-0.4, -0.2) is 41.8 Å². The summed E-state index contributed by atoms with van der Waals surface area (Å²) in [6.07, 6.45) is -0.174. The largest absolute Gasteiger partial charge is 0.453 e. The van der Waals surface area contributed by atoms with Crippen LogP contribution in [0.1, 0.15) is 17.6 Å². The van der Waals surface area contributed by atoms with Gasteiger partial charge in [0.05, 0.1) is 6.61 Å². The number of morpholine rings is 1. The van der Waals surface area contributed by atoms with Crippen LogP contribution in [0.5, 0.6) is 0 Å². The molecule has 1 aliphatic rings. The Morgan fingerprint density at radius 3 is 3.05 bits per heavy atom. The lowest BCUT2D eigenvalue weighted by atomic mass is 10.2. The van der Waals surface area contributed by atoms with Crippen molar-refractivity contribution in [3.8, 4) is 11.6 Å². The van der Waals surface area contributed by atoms with E-state index in [1.54, 1.807) is 0 Å². The molecule has 0 spiro atoms. The average molecular weight is 299 g/mol. The Morgan fingerprint density at radius 1 is 1.27 bits per heavy atom. The molecule has 0 bridgehead atoms. The first-order valence-corrected chi connectivity index (χ1v) is 7.33. The Morgan fingerprint density at radius 2 is 2.18 bits per heavy atom. The zero-order valence-electron chi connectivity index (χ0n) is 12.6. The van der Waals surface area contributed by atoms with Gasteiger partial charge in [-0.3, -0.25) is 0 Å². The molecule has 0 saturated carbocycles. The van der Waals surface area contributed by atoms with Crippen molar-refractivity contribution in [3.63, 3.8) is 0 Å². The third-order valence-electron chi connectivity index (χ3n) is 3.88. The van der Waals surface area contributed by atoms with Gasteiger partial charge in [0, 0.05) is 18.5 Å². The molecule has 1 aromatic carbocycles. The van der Waals surface area contributed by atoms with Crippen LogP contribution in [0.2, 0.25) is 0 Å². The number of aryl methyl sites for hydroxylation is 1. The minimum atomic E-state index is -0.174. The Balaban J connectivity index is 1.64. The number of fused-ring (bicyclic) bond motifs is 1. The number of furan rings is 1. The summed E-state index contributed by atoms with van der Waals surface area (Å²) in [4.78, 5) is 6.62. The molecular formula is C16H17N3O3. The van der Waals surface area contributed by atoms with Crippen molar-refractivity contribution in [3.05, 3.63) is 35.7 Å². The molecule has 1 fully saturated rings. The molecule has 0 aliphatic carbocycles. The number of aromatic nitrogens is 2. The van der Waals surface area contributed by atoms with Crippen molar-refractivity contribution >= 4 is 11.0 Å². The average Bonchev–Trinajstić information content (AvgIpc) is 3.13. The van der Waals surface area contributed by atoms with Crippen molar-refractivity contribution in [1.82, 2.24) is 15.0 Å². The van der Waals surface area contributed by atoms with E-state index in [4.69, 9.17) is 13.7 Å². The van der Waals surface area contributed by atoms with Crippen LogP contribution in [0, 0.1) is 6.92 Å². The van der Waals surface area contributed by atoms with Crippen LogP contribution in [0.3, 0.4) is 0 Å². The number of rotatable bonds is 2. The molecule has 0 amide bonds. The van der Waals surface area contributed by atoms with E-state index in [0.717, 1.165) is 24.1 Å². The molecule has 1 saturated heterocycles. The van der Waals surface area contributed by atoms with E-state index in [1.807, 2.05) is 25.2 Å². The molecule has 3 aromatic rings. The second-order valence-electron chi connectivity index (χ2n) is 5.73. The summed E-state index contributed by atoms with van der Waals surface area (Å²) in [5, 5.41) is 5.06. The van der Waals surface area contributed by atoms with Gasteiger partial charge >= 0.3 is 0 Å². The molecule has 3 heterocycles. The lowest BCUT2D eigenvalue weighted by molar-refractivity contribution is -0.0366. The quantitative estimate of drug-likeness (QED) is 0.725. The molecule has 1 unspecified atom stereocenters. The molecule has 1 atom stereocenters. The Bertz CT molecular complexity index is 808. The Kier molecular flexibility index (Phi) is 3.20. The maximum absolute atomic E-state index is 5.79. The lowest BCUT2D eigenvalue weighted by Gasteiger charge is -2.27. The summed E-state index contributed by atoms with van der Waals surface area (Å²) in [6.45, 7) is 4.39. The van der Waals surface area contributed by atoms with Crippen molar-refractivity contribution in [2.24, 2.45) is 0 Å². The van der Waals surface area contributed by atoms with Crippen molar-refractivity contribution in [1.29, 1.82) is 0 Å². The zero-order chi connectivity index (χ0) is 15.1. The first-order chi connectivity index (χ1) is 10.7. The zero-order valence-corrected chi connectivity index (χ0v) is 12.6. The summed E-state index contributed by atoms with van der Waals surface area (Å²) in [6, 6.07) is 7.98. The van der Waals surface area contributed by atoms with E-state index >= 15 is 0 Å². The second kappa shape index (κ2) is 5.23. The number of ether oxygens (including phenoxy) is 1. The maximum atomic E-state index is 5.79. The van der Waals surface area contributed by atoms with Crippen LogP contribution in [0.15, 0.2) is 33.2 Å². The smallest absolute Gasteiger partial charge is 0.257 e.